The maximum atomic E-state index is 5.30. The Kier molecular flexibility index (Phi) is 10.5. The monoisotopic (exact) mass is 822 g/mol. The number of benzene rings is 7. The molecule has 7 aromatic carbocycles. The van der Waals surface area contributed by atoms with Gasteiger partial charge in [0.25, 0.3) is 0 Å². The van der Waals surface area contributed by atoms with E-state index in [0.29, 0.717) is 29.4 Å². The number of aromatic nitrogens is 4. The van der Waals surface area contributed by atoms with Crippen LogP contribution in [0.15, 0.2) is 218 Å². The van der Waals surface area contributed by atoms with Gasteiger partial charge in [-0.15, -0.1) is 0 Å². The first-order chi connectivity index (χ1) is 31.6. The molecule has 2 aromatic heterocycles. The van der Waals surface area contributed by atoms with Gasteiger partial charge in [-0.3, -0.25) is 0 Å². The normalized spacial score (nSPS) is 16.6. The van der Waals surface area contributed by atoms with E-state index in [1.807, 2.05) is 48.5 Å². The average Bonchev–Trinajstić information content (AvgIpc) is 3.51. The first-order valence-electron chi connectivity index (χ1n) is 22.3. The van der Waals surface area contributed by atoms with Crippen molar-refractivity contribution in [3.05, 3.63) is 235 Å². The van der Waals surface area contributed by atoms with Gasteiger partial charge in [-0.2, -0.15) is 0 Å². The van der Waals surface area contributed by atoms with Crippen LogP contribution < -0.4 is 0 Å². The zero-order valence-corrected chi connectivity index (χ0v) is 35.7. The first kappa shape index (κ1) is 39.1. The van der Waals surface area contributed by atoms with Crippen molar-refractivity contribution in [3.8, 4) is 78.9 Å². The SMILES string of the molecule is CC1c2ccccc2-c2ccccc2CC1C1C=CC(c2cc(-c3cc(-c4ccccc4)nc(-c4ccccc4)n3)cc(-c3cc(-c4ccccc4)nc(-c4ccccc4)n3)c2)=CC1. The number of hydrogen-bond donors (Lipinski definition) is 0. The Balaban J connectivity index is 1.05. The van der Waals surface area contributed by atoms with Crippen molar-refractivity contribution in [1.82, 2.24) is 19.9 Å². The molecule has 0 fully saturated rings. The molecule has 0 saturated carbocycles. The van der Waals surface area contributed by atoms with Gasteiger partial charge >= 0.3 is 0 Å². The van der Waals surface area contributed by atoms with E-state index in [4.69, 9.17) is 19.9 Å². The van der Waals surface area contributed by atoms with Gasteiger partial charge in [0.2, 0.25) is 0 Å². The molecule has 0 spiro atoms. The molecule has 9 aromatic rings. The molecule has 4 nitrogen and oxygen atoms in total. The van der Waals surface area contributed by atoms with E-state index in [1.165, 1.54) is 27.8 Å². The number of allylic oxidation sites excluding steroid dienone is 4. The standard InChI is InChI=1S/C60H46N4/c1-40-51-27-16-17-29-53(51)52-28-15-14-26-47(52)37-54(40)42-32-30-41(31-33-42)48-34-49(57-38-55(43-18-6-2-7-19-43)61-59(63-57)45-22-10-4-11-23-45)36-50(35-48)58-39-56(44-20-8-3-9-21-44)62-60(64-58)46-24-12-5-13-25-46/h2-32,34-36,38-40,42,54H,33,37H2,1H3. The van der Waals surface area contributed by atoms with E-state index in [9.17, 15) is 0 Å². The summed E-state index contributed by atoms with van der Waals surface area (Å²) in [6.07, 6.45) is 9.31. The molecule has 0 aliphatic heterocycles. The smallest absolute Gasteiger partial charge is 0.160 e. The van der Waals surface area contributed by atoms with Crippen molar-refractivity contribution in [3.63, 3.8) is 0 Å². The summed E-state index contributed by atoms with van der Waals surface area (Å²) in [5, 5.41) is 0. The lowest BCUT2D eigenvalue weighted by Gasteiger charge is -2.31. The van der Waals surface area contributed by atoms with Gasteiger partial charge in [0.15, 0.2) is 11.6 Å². The van der Waals surface area contributed by atoms with Gasteiger partial charge in [-0.1, -0.05) is 195 Å². The Bertz CT molecular complexity index is 2910. The highest BCUT2D eigenvalue weighted by atomic mass is 14.9. The fourth-order valence-electron chi connectivity index (χ4n) is 9.68. The van der Waals surface area contributed by atoms with E-state index in [2.05, 4.69) is 177 Å². The van der Waals surface area contributed by atoms with Crippen molar-refractivity contribution < 1.29 is 0 Å². The van der Waals surface area contributed by atoms with Gasteiger partial charge in [0.05, 0.1) is 22.8 Å². The van der Waals surface area contributed by atoms with Crippen LogP contribution >= 0.6 is 0 Å². The summed E-state index contributed by atoms with van der Waals surface area (Å²) in [5.41, 5.74) is 17.4. The van der Waals surface area contributed by atoms with Crippen LogP contribution in [0.5, 0.6) is 0 Å². The van der Waals surface area contributed by atoms with Crippen molar-refractivity contribution in [2.24, 2.45) is 11.8 Å². The Hall–Kier alpha value is -7.82. The Morgan fingerprint density at radius 2 is 0.844 bits per heavy atom. The summed E-state index contributed by atoms with van der Waals surface area (Å²) in [6, 6.07) is 70.4. The summed E-state index contributed by atoms with van der Waals surface area (Å²) >= 11 is 0. The molecule has 64 heavy (non-hydrogen) atoms. The summed E-state index contributed by atoms with van der Waals surface area (Å²) in [7, 11) is 0. The molecule has 2 aliphatic carbocycles. The fourth-order valence-corrected chi connectivity index (χ4v) is 9.68. The van der Waals surface area contributed by atoms with Crippen molar-refractivity contribution in [2.75, 3.05) is 0 Å². The maximum Gasteiger partial charge on any atom is 0.160 e. The minimum atomic E-state index is 0.396. The highest BCUT2D eigenvalue weighted by Gasteiger charge is 2.32. The van der Waals surface area contributed by atoms with Crippen LogP contribution in [0, 0.1) is 11.8 Å². The Morgan fingerprint density at radius 3 is 1.36 bits per heavy atom. The van der Waals surface area contributed by atoms with Crippen LogP contribution in [0.25, 0.3) is 84.5 Å². The van der Waals surface area contributed by atoms with Crippen LogP contribution in [0.4, 0.5) is 0 Å². The summed E-state index contributed by atoms with van der Waals surface area (Å²) in [6.45, 7) is 2.43. The molecule has 306 valence electrons. The van der Waals surface area contributed by atoms with E-state index < -0.39 is 0 Å². The third-order valence-corrected chi connectivity index (χ3v) is 13.1. The molecule has 0 bridgehead atoms. The van der Waals surface area contributed by atoms with E-state index in [-0.39, 0.29) is 0 Å². The third kappa shape index (κ3) is 7.80. The predicted octanol–water partition coefficient (Wildman–Crippen LogP) is 14.9. The largest absolute Gasteiger partial charge is 0.228 e. The third-order valence-electron chi connectivity index (χ3n) is 13.1. The molecular weight excluding hydrogens is 777 g/mol. The van der Waals surface area contributed by atoms with Crippen LogP contribution in [-0.4, -0.2) is 19.9 Å². The molecule has 0 saturated heterocycles. The number of nitrogens with zero attached hydrogens (tertiary/aromatic N) is 4. The molecule has 4 heteroatoms. The zero-order valence-electron chi connectivity index (χ0n) is 35.7. The van der Waals surface area contributed by atoms with Crippen LogP contribution in [0.3, 0.4) is 0 Å². The number of fused-ring (bicyclic) bond motifs is 3. The summed E-state index contributed by atoms with van der Waals surface area (Å²) in [4.78, 5) is 20.8. The van der Waals surface area contributed by atoms with Crippen LogP contribution in [0.1, 0.15) is 36.0 Å². The number of rotatable bonds is 8. The molecule has 0 amide bonds. The Morgan fingerprint density at radius 1 is 0.406 bits per heavy atom. The summed E-state index contributed by atoms with van der Waals surface area (Å²) < 4.78 is 0. The van der Waals surface area contributed by atoms with E-state index in [0.717, 1.165) is 74.6 Å². The lowest BCUT2D eigenvalue weighted by molar-refractivity contribution is 0.341. The molecule has 0 radical (unpaired) electrons. The second-order valence-electron chi connectivity index (χ2n) is 17.0. The predicted molar refractivity (Wildman–Crippen MR) is 263 cm³/mol. The van der Waals surface area contributed by atoms with Gasteiger partial charge in [-0.25, -0.2) is 19.9 Å². The molecule has 11 rings (SSSR count). The molecule has 0 N–H and O–H groups in total. The zero-order chi connectivity index (χ0) is 42.8. The second-order valence-corrected chi connectivity index (χ2v) is 17.0. The topological polar surface area (TPSA) is 51.6 Å². The summed E-state index contributed by atoms with van der Waals surface area (Å²) in [5.74, 6) is 2.64. The minimum Gasteiger partial charge on any atom is -0.228 e. The molecule has 2 heterocycles. The van der Waals surface area contributed by atoms with Crippen LogP contribution in [0.2, 0.25) is 0 Å². The van der Waals surface area contributed by atoms with Gasteiger partial charge in [-0.05, 0) is 94.3 Å². The highest BCUT2D eigenvalue weighted by Crippen LogP contribution is 2.46. The number of hydrogen-bond acceptors (Lipinski definition) is 4. The first-order valence-corrected chi connectivity index (χ1v) is 22.3. The molecule has 2 aliphatic rings. The van der Waals surface area contributed by atoms with Crippen molar-refractivity contribution in [1.29, 1.82) is 0 Å². The molecule has 3 atom stereocenters. The molecule has 3 unspecified atom stereocenters. The van der Waals surface area contributed by atoms with Gasteiger partial charge in [0.1, 0.15) is 0 Å². The van der Waals surface area contributed by atoms with Crippen LogP contribution in [-0.2, 0) is 6.42 Å². The van der Waals surface area contributed by atoms with Gasteiger partial charge < -0.3 is 0 Å². The fraction of sp³-hybridized carbons (Fsp3) is 0.100. The van der Waals surface area contributed by atoms with Crippen molar-refractivity contribution in [2.45, 2.75) is 25.7 Å². The van der Waals surface area contributed by atoms with E-state index in [1.54, 1.807) is 0 Å². The minimum absolute atomic E-state index is 0.396. The van der Waals surface area contributed by atoms with Crippen molar-refractivity contribution >= 4 is 5.57 Å². The Labute approximate surface area is 375 Å². The lowest BCUT2D eigenvalue weighted by Crippen LogP contribution is -2.22. The highest BCUT2D eigenvalue weighted by molar-refractivity contribution is 5.85. The second kappa shape index (κ2) is 17.2. The maximum absolute atomic E-state index is 5.30. The average molecular weight is 823 g/mol. The quantitative estimate of drug-likeness (QED) is 0.153. The molecular formula is C60H46N4. The van der Waals surface area contributed by atoms with Gasteiger partial charge in [0, 0.05) is 33.4 Å². The lowest BCUT2D eigenvalue weighted by atomic mass is 9.73. The van der Waals surface area contributed by atoms with E-state index >= 15 is 0 Å².